The average Bonchev–Trinajstić information content (AvgIpc) is 2.49. The lowest BCUT2D eigenvalue weighted by molar-refractivity contribution is -0.121. The van der Waals surface area contributed by atoms with Gasteiger partial charge in [-0.3, -0.25) is 4.79 Å². The van der Waals surface area contributed by atoms with E-state index in [1.807, 2.05) is 19.9 Å². The Balaban J connectivity index is 2.45. The second-order valence-electron chi connectivity index (χ2n) is 6.38. The zero-order valence-corrected chi connectivity index (χ0v) is 16.0. The number of unbranched alkanes of at least 4 members (excludes halogenated alkanes) is 2. The number of benzene rings is 1. The first-order valence-electron chi connectivity index (χ1n) is 8.62. The van der Waals surface area contributed by atoms with Crippen LogP contribution in [-0.2, 0) is 14.8 Å². The zero-order valence-electron chi connectivity index (χ0n) is 15.2. The summed E-state index contributed by atoms with van der Waals surface area (Å²) in [5, 5.41) is 2.91. The summed E-state index contributed by atoms with van der Waals surface area (Å²) in [5.74, 6) is -0.123. The van der Waals surface area contributed by atoms with Gasteiger partial charge in [-0.2, -0.15) is 0 Å². The van der Waals surface area contributed by atoms with Crippen molar-refractivity contribution in [2.24, 2.45) is 0 Å². The molecule has 1 amide bonds. The first-order chi connectivity index (χ1) is 11.3. The summed E-state index contributed by atoms with van der Waals surface area (Å²) in [6.45, 7) is 7.84. The Hall–Kier alpha value is -1.40. The molecule has 24 heavy (non-hydrogen) atoms. The second-order valence-corrected chi connectivity index (χ2v) is 8.12. The van der Waals surface area contributed by atoms with Gasteiger partial charge in [-0.25, -0.2) is 13.1 Å². The van der Waals surface area contributed by atoms with E-state index in [0.717, 1.165) is 31.2 Å². The molecule has 0 bridgehead atoms. The summed E-state index contributed by atoms with van der Waals surface area (Å²) in [6, 6.07) is 5.43. The first-order valence-corrected chi connectivity index (χ1v) is 10.1. The minimum absolute atomic E-state index is 0.100. The number of aryl methyl sites for hydroxylation is 2. The minimum atomic E-state index is -3.59. The third-order valence-electron chi connectivity index (χ3n) is 3.93. The average molecular weight is 355 g/mol. The number of carbonyl (C=O) groups is 1. The molecule has 0 aliphatic rings. The molecule has 0 aromatic heterocycles. The molecule has 0 aliphatic heterocycles. The summed E-state index contributed by atoms with van der Waals surface area (Å²) in [4.78, 5) is 12.2. The molecular weight excluding hydrogens is 324 g/mol. The van der Waals surface area contributed by atoms with Crippen LogP contribution in [0.5, 0.6) is 0 Å². The molecule has 0 saturated heterocycles. The fraction of sp³-hybridized carbons (Fsp3) is 0.611. The third-order valence-corrected chi connectivity index (χ3v) is 5.53. The molecule has 0 fully saturated rings. The fourth-order valence-electron chi connectivity index (χ4n) is 2.49. The third kappa shape index (κ3) is 7.01. The van der Waals surface area contributed by atoms with E-state index in [2.05, 4.69) is 17.0 Å². The van der Waals surface area contributed by atoms with Crippen LogP contribution in [0.2, 0.25) is 0 Å². The second kappa shape index (κ2) is 9.79. The highest BCUT2D eigenvalue weighted by Crippen LogP contribution is 2.16. The summed E-state index contributed by atoms with van der Waals surface area (Å²) < 4.78 is 27.2. The van der Waals surface area contributed by atoms with Crippen molar-refractivity contribution in [2.45, 2.75) is 70.7 Å². The van der Waals surface area contributed by atoms with Crippen molar-refractivity contribution in [3.8, 4) is 0 Å². The maximum Gasteiger partial charge on any atom is 0.240 e. The zero-order chi connectivity index (χ0) is 18.2. The molecule has 0 spiro atoms. The summed E-state index contributed by atoms with van der Waals surface area (Å²) >= 11 is 0. The van der Waals surface area contributed by atoms with Crippen LogP contribution in [0.25, 0.3) is 0 Å². The van der Waals surface area contributed by atoms with Crippen molar-refractivity contribution in [2.75, 3.05) is 6.54 Å². The molecular formula is C18H30N2O3S. The number of hydrogen-bond donors (Lipinski definition) is 2. The Morgan fingerprint density at radius 2 is 1.92 bits per heavy atom. The molecule has 1 unspecified atom stereocenters. The summed E-state index contributed by atoms with van der Waals surface area (Å²) in [6.07, 6.45) is 4.50. The van der Waals surface area contributed by atoms with E-state index in [1.165, 1.54) is 0 Å². The molecule has 0 saturated carbocycles. The Morgan fingerprint density at radius 1 is 1.21 bits per heavy atom. The van der Waals surface area contributed by atoms with Crippen LogP contribution in [0.3, 0.4) is 0 Å². The van der Waals surface area contributed by atoms with E-state index in [9.17, 15) is 13.2 Å². The van der Waals surface area contributed by atoms with Crippen LogP contribution >= 0.6 is 0 Å². The maximum atomic E-state index is 12.3. The van der Waals surface area contributed by atoms with Gasteiger partial charge in [-0.1, -0.05) is 38.3 Å². The van der Waals surface area contributed by atoms with Gasteiger partial charge in [-0.15, -0.1) is 0 Å². The van der Waals surface area contributed by atoms with Gasteiger partial charge in [-0.05, 0) is 44.4 Å². The lowest BCUT2D eigenvalue weighted by Gasteiger charge is -2.14. The highest BCUT2D eigenvalue weighted by Gasteiger charge is 2.17. The largest absolute Gasteiger partial charge is 0.354 e. The highest BCUT2D eigenvalue weighted by atomic mass is 32.2. The van der Waals surface area contributed by atoms with Crippen LogP contribution in [0.4, 0.5) is 0 Å². The summed E-state index contributed by atoms with van der Waals surface area (Å²) in [7, 11) is -3.59. The normalized spacial score (nSPS) is 12.8. The van der Waals surface area contributed by atoms with Crippen molar-refractivity contribution in [1.29, 1.82) is 0 Å². The monoisotopic (exact) mass is 354 g/mol. The van der Waals surface area contributed by atoms with E-state index in [0.29, 0.717) is 5.56 Å². The molecule has 1 aromatic rings. The lowest BCUT2D eigenvalue weighted by atomic mass is 10.1. The van der Waals surface area contributed by atoms with Crippen molar-refractivity contribution >= 4 is 15.9 Å². The van der Waals surface area contributed by atoms with E-state index >= 15 is 0 Å². The maximum absolute atomic E-state index is 12.3. The SMILES string of the molecule is CCCCCC(C)NC(=O)CCNS(=O)(=O)c1cc(C)ccc1C. The number of carbonyl (C=O) groups excluding carboxylic acids is 1. The van der Waals surface area contributed by atoms with Gasteiger partial charge in [0.1, 0.15) is 0 Å². The van der Waals surface area contributed by atoms with Gasteiger partial charge in [0.25, 0.3) is 0 Å². The fourth-order valence-corrected chi connectivity index (χ4v) is 3.85. The van der Waals surface area contributed by atoms with E-state index < -0.39 is 10.0 Å². The number of hydrogen-bond acceptors (Lipinski definition) is 3. The van der Waals surface area contributed by atoms with Crippen LogP contribution in [0, 0.1) is 13.8 Å². The summed E-state index contributed by atoms with van der Waals surface area (Å²) in [5.41, 5.74) is 1.58. The van der Waals surface area contributed by atoms with Crippen LogP contribution in [-0.4, -0.2) is 26.9 Å². The predicted molar refractivity (Wildman–Crippen MR) is 97.5 cm³/mol. The standard InChI is InChI=1S/C18H30N2O3S/c1-5-6-7-8-16(4)20-18(21)11-12-19-24(22,23)17-13-14(2)9-10-15(17)3/h9-10,13,16,19H,5-8,11-12H2,1-4H3,(H,20,21). The Kier molecular flexibility index (Phi) is 8.42. The molecule has 2 N–H and O–H groups in total. The van der Waals surface area contributed by atoms with Crippen LogP contribution in [0.1, 0.15) is 57.1 Å². The van der Waals surface area contributed by atoms with Crippen LogP contribution in [0.15, 0.2) is 23.1 Å². The Bertz CT molecular complexity index is 642. The Morgan fingerprint density at radius 3 is 2.58 bits per heavy atom. The number of amides is 1. The molecule has 0 aliphatic carbocycles. The van der Waals surface area contributed by atoms with Gasteiger partial charge in [0.15, 0.2) is 0 Å². The molecule has 5 nitrogen and oxygen atoms in total. The van der Waals surface area contributed by atoms with E-state index in [1.54, 1.807) is 19.1 Å². The van der Waals surface area contributed by atoms with E-state index in [-0.39, 0.29) is 29.8 Å². The first kappa shape index (κ1) is 20.6. The topological polar surface area (TPSA) is 75.3 Å². The molecule has 0 radical (unpaired) electrons. The molecule has 0 heterocycles. The van der Waals surface area contributed by atoms with Crippen molar-refractivity contribution in [3.05, 3.63) is 29.3 Å². The highest BCUT2D eigenvalue weighted by molar-refractivity contribution is 7.89. The number of rotatable bonds is 10. The molecule has 1 rings (SSSR count). The number of sulfonamides is 1. The lowest BCUT2D eigenvalue weighted by Crippen LogP contribution is -2.35. The smallest absolute Gasteiger partial charge is 0.240 e. The van der Waals surface area contributed by atoms with Gasteiger partial charge in [0.05, 0.1) is 4.90 Å². The molecule has 6 heteroatoms. The van der Waals surface area contributed by atoms with Gasteiger partial charge in [0, 0.05) is 19.0 Å². The van der Waals surface area contributed by atoms with Crippen molar-refractivity contribution < 1.29 is 13.2 Å². The molecule has 136 valence electrons. The van der Waals surface area contributed by atoms with Gasteiger partial charge < -0.3 is 5.32 Å². The Labute approximate surface area is 146 Å². The number of nitrogens with one attached hydrogen (secondary N) is 2. The van der Waals surface area contributed by atoms with E-state index in [4.69, 9.17) is 0 Å². The van der Waals surface area contributed by atoms with Crippen molar-refractivity contribution in [1.82, 2.24) is 10.0 Å². The minimum Gasteiger partial charge on any atom is -0.354 e. The van der Waals surface area contributed by atoms with Gasteiger partial charge in [0.2, 0.25) is 15.9 Å². The molecule has 1 aromatic carbocycles. The van der Waals surface area contributed by atoms with Gasteiger partial charge >= 0.3 is 0 Å². The predicted octanol–water partition coefficient (Wildman–Crippen LogP) is 3.06. The van der Waals surface area contributed by atoms with Crippen LogP contribution < -0.4 is 10.0 Å². The molecule has 1 atom stereocenters. The quantitative estimate of drug-likeness (QED) is 0.634. The van der Waals surface area contributed by atoms with Crippen molar-refractivity contribution in [3.63, 3.8) is 0 Å².